The highest BCUT2D eigenvalue weighted by Gasteiger charge is 2.52. The fraction of sp³-hybridized carbons (Fsp3) is 0.0270. The van der Waals surface area contributed by atoms with Crippen molar-refractivity contribution in [1.29, 1.82) is 0 Å². The highest BCUT2D eigenvalue weighted by molar-refractivity contribution is 6.12. The van der Waals surface area contributed by atoms with E-state index in [-0.39, 0.29) is 0 Å². The van der Waals surface area contributed by atoms with E-state index in [1.165, 1.54) is 121 Å². The summed E-state index contributed by atoms with van der Waals surface area (Å²) < 4.78 is 0. The van der Waals surface area contributed by atoms with Crippen molar-refractivity contribution in [1.82, 2.24) is 0 Å². The first-order valence-electron chi connectivity index (χ1n) is 26.2. The van der Waals surface area contributed by atoms with E-state index in [0.717, 1.165) is 17.1 Å². The van der Waals surface area contributed by atoms with Gasteiger partial charge in [-0.2, -0.15) is 0 Å². The van der Waals surface area contributed by atoms with E-state index in [2.05, 4.69) is 290 Å². The number of fused-ring (bicyclic) bond motifs is 14. The summed E-state index contributed by atoms with van der Waals surface area (Å²) in [5.41, 5.74) is 22.7. The van der Waals surface area contributed by atoms with Gasteiger partial charge in [-0.05, 0) is 146 Å². The van der Waals surface area contributed by atoms with Crippen LogP contribution < -0.4 is 4.90 Å². The summed E-state index contributed by atoms with van der Waals surface area (Å²) in [5.74, 6) is 0. The van der Waals surface area contributed by atoms with Crippen LogP contribution in [0.3, 0.4) is 0 Å². The molecule has 1 spiro atoms. The lowest BCUT2D eigenvalue weighted by atomic mass is 9.60. The fourth-order valence-corrected chi connectivity index (χ4v) is 14.2. The van der Waals surface area contributed by atoms with Gasteiger partial charge in [0.1, 0.15) is 0 Å². The molecule has 0 bridgehead atoms. The minimum atomic E-state index is -0.676. The molecule has 16 rings (SSSR count). The highest BCUT2D eigenvalue weighted by Crippen LogP contribution is 2.65. The molecule has 348 valence electrons. The number of rotatable bonds is 6. The molecular formula is C74H47N. The molecule has 3 aliphatic carbocycles. The van der Waals surface area contributed by atoms with Crippen molar-refractivity contribution >= 4 is 49.4 Å². The van der Waals surface area contributed by atoms with Crippen LogP contribution in [-0.2, 0) is 10.8 Å². The first-order chi connectivity index (χ1) is 37.2. The molecule has 1 heteroatoms. The molecule has 0 saturated carbocycles. The van der Waals surface area contributed by atoms with Crippen molar-refractivity contribution in [2.45, 2.75) is 10.8 Å². The Balaban J connectivity index is 1.01. The zero-order chi connectivity index (χ0) is 49.2. The van der Waals surface area contributed by atoms with Crippen LogP contribution in [-0.4, -0.2) is 0 Å². The molecule has 0 fully saturated rings. The van der Waals surface area contributed by atoms with Gasteiger partial charge < -0.3 is 4.90 Å². The molecule has 0 N–H and O–H groups in total. The Hall–Kier alpha value is -9.56. The molecule has 0 radical (unpaired) electrons. The van der Waals surface area contributed by atoms with Gasteiger partial charge in [0.25, 0.3) is 0 Å². The second kappa shape index (κ2) is 16.0. The van der Waals surface area contributed by atoms with Gasteiger partial charge in [-0.1, -0.05) is 255 Å². The van der Waals surface area contributed by atoms with E-state index in [9.17, 15) is 0 Å². The molecule has 1 unspecified atom stereocenters. The van der Waals surface area contributed by atoms with Crippen molar-refractivity contribution in [2.24, 2.45) is 0 Å². The van der Waals surface area contributed by atoms with Crippen molar-refractivity contribution < 1.29 is 0 Å². The third-order valence-electron chi connectivity index (χ3n) is 17.1. The number of anilines is 3. The van der Waals surface area contributed by atoms with Crippen molar-refractivity contribution in [2.75, 3.05) is 4.90 Å². The monoisotopic (exact) mass is 949 g/mol. The highest BCUT2D eigenvalue weighted by atomic mass is 15.1. The van der Waals surface area contributed by atoms with E-state index >= 15 is 0 Å². The van der Waals surface area contributed by atoms with Gasteiger partial charge in [0.2, 0.25) is 0 Å². The minimum absolute atomic E-state index is 0.504. The summed E-state index contributed by atoms with van der Waals surface area (Å²) >= 11 is 0. The Labute approximate surface area is 436 Å². The average molecular weight is 950 g/mol. The molecule has 13 aromatic rings. The van der Waals surface area contributed by atoms with E-state index in [1.807, 2.05) is 0 Å². The summed E-state index contributed by atoms with van der Waals surface area (Å²) in [4.78, 5) is 2.54. The summed E-state index contributed by atoms with van der Waals surface area (Å²) in [7, 11) is 0. The quantitative estimate of drug-likeness (QED) is 0.161. The molecule has 0 heterocycles. The zero-order valence-electron chi connectivity index (χ0n) is 41.1. The lowest BCUT2D eigenvalue weighted by Gasteiger charge is -2.42. The largest absolute Gasteiger partial charge is 0.310 e. The van der Waals surface area contributed by atoms with Crippen LogP contribution in [0.25, 0.3) is 76.8 Å². The SMILES string of the molecule is c1ccc(C2(c3ccccc3)c3ccccc3-c3cc(N(c4ccc5c(c4)C4(c6ccccc6-5)c5ccccc5-c5cccc6ccc(-c7cccc8ccccc78)c4c56)c4cccc5ccccc45)ccc32)cc1. The van der Waals surface area contributed by atoms with E-state index in [1.54, 1.807) is 0 Å². The number of hydrogen-bond acceptors (Lipinski definition) is 1. The topological polar surface area (TPSA) is 3.24 Å². The van der Waals surface area contributed by atoms with Crippen LogP contribution in [0.1, 0.15) is 44.5 Å². The normalized spacial score (nSPS) is 15.1. The van der Waals surface area contributed by atoms with Crippen molar-refractivity contribution in [3.05, 3.63) is 330 Å². The molecule has 0 amide bonds. The molecule has 0 aromatic heterocycles. The molecule has 1 nitrogen and oxygen atoms in total. The van der Waals surface area contributed by atoms with Crippen LogP contribution in [0.15, 0.2) is 285 Å². The maximum absolute atomic E-state index is 2.56. The Morgan fingerprint density at radius 2 is 0.693 bits per heavy atom. The Bertz CT molecular complexity index is 4440. The Morgan fingerprint density at radius 1 is 0.240 bits per heavy atom. The molecule has 3 aliphatic rings. The van der Waals surface area contributed by atoms with Crippen LogP contribution in [0.4, 0.5) is 17.1 Å². The molecule has 75 heavy (non-hydrogen) atoms. The number of hydrogen-bond donors (Lipinski definition) is 0. The first kappa shape index (κ1) is 42.0. The van der Waals surface area contributed by atoms with E-state index in [0.29, 0.717) is 0 Å². The van der Waals surface area contributed by atoms with Crippen molar-refractivity contribution in [3.63, 3.8) is 0 Å². The summed E-state index contributed by atoms with van der Waals surface area (Å²) in [6.07, 6.45) is 0. The van der Waals surface area contributed by atoms with Gasteiger partial charge in [-0.15, -0.1) is 0 Å². The second-order valence-corrected chi connectivity index (χ2v) is 20.6. The van der Waals surface area contributed by atoms with Gasteiger partial charge in [0.05, 0.1) is 16.5 Å². The van der Waals surface area contributed by atoms with Gasteiger partial charge in [0.15, 0.2) is 0 Å². The molecular weight excluding hydrogens is 903 g/mol. The van der Waals surface area contributed by atoms with Gasteiger partial charge in [-0.25, -0.2) is 0 Å². The predicted octanol–water partition coefficient (Wildman–Crippen LogP) is 19.0. The van der Waals surface area contributed by atoms with Crippen LogP contribution in [0.5, 0.6) is 0 Å². The molecule has 0 saturated heterocycles. The summed E-state index contributed by atoms with van der Waals surface area (Å²) in [6, 6.07) is 107. The maximum atomic E-state index is 2.56. The Kier molecular flexibility index (Phi) is 8.94. The molecule has 13 aromatic carbocycles. The Morgan fingerprint density at radius 3 is 1.40 bits per heavy atom. The lowest BCUT2D eigenvalue weighted by molar-refractivity contribution is 0.768. The van der Waals surface area contributed by atoms with Crippen LogP contribution >= 0.6 is 0 Å². The maximum Gasteiger partial charge on any atom is 0.0732 e. The van der Waals surface area contributed by atoms with Crippen LogP contribution in [0.2, 0.25) is 0 Å². The lowest BCUT2D eigenvalue weighted by Crippen LogP contribution is -2.32. The third-order valence-corrected chi connectivity index (χ3v) is 17.1. The third kappa shape index (κ3) is 5.67. The van der Waals surface area contributed by atoms with Gasteiger partial charge >= 0.3 is 0 Å². The summed E-state index contributed by atoms with van der Waals surface area (Å²) in [6.45, 7) is 0. The average Bonchev–Trinajstić information content (AvgIpc) is 3.94. The summed E-state index contributed by atoms with van der Waals surface area (Å²) in [5, 5.41) is 7.46. The first-order valence-corrected chi connectivity index (χ1v) is 26.2. The second-order valence-electron chi connectivity index (χ2n) is 20.6. The number of nitrogens with zero attached hydrogens (tertiary/aromatic N) is 1. The fourth-order valence-electron chi connectivity index (χ4n) is 14.2. The molecule has 0 aliphatic heterocycles. The number of benzene rings is 13. The predicted molar refractivity (Wildman–Crippen MR) is 313 cm³/mol. The van der Waals surface area contributed by atoms with E-state index < -0.39 is 10.8 Å². The van der Waals surface area contributed by atoms with Crippen molar-refractivity contribution in [3.8, 4) is 44.5 Å². The van der Waals surface area contributed by atoms with Crippen LogP contribution in [0, 0.1) is 0 Å². The van der Waals surface area contributed by atoms with Gasteiger partial charge in [-0.3, -0.25) is 0 Å². The van der Waals surface area contributed by atoms with E-state index in [4.69, 9.17) is 0 Å². The molecule has 1 atom stereocenters. The smallest absolute Gasteiger partial charge is 0.0732 e. The zero-order valence-corrected chi connectivity index (χ0v) is 41.1. The minimum Gasteiger partial charge on any atom is -0.310 e. The van der Waals surface area contributed by atoms with Gasteiger partial charge in [0, 0.05) is 16.8 Å². The standard InChI is InChI=1S/C74H47N/c1-3-25-51(26-4-1)73(52-27-5-2-6-28-52)65-36-14-13-33-60(65)64-46-53(42-45-68(64)73)75(70-39-19-23-49-21-8-10-30-56(49)70)54-41-44-61-58-31-11-15-37-66(58)74(69(61)47-54)67-38-16-12-32-59(67)62-35-18-24-50-40-43-63(72(74)71(50)62)57-34-17-22-48-20-7-9-29-55(48)57/h1-47H.